The Bertz CT molecular complexity index is 305. The molecule has 20 heavy (non-hydrogen) atoms. The molecular weight excluding hydrogens is 248 g/mol. The monoisotopic (exact) mass is 276 g/mol. The Morgan fingerprint density at radius 2 is 1.20 bits per heavy atom. The van der Waals surface area contributed by atoms with Crippen molar-refractivity contribution in [2.24, 2.45) is 11.8 Å². The van der Waals surface area contributed by atoms with E-state index in [0.29, 0.717) is 17.6 Å². The number of hydrogen-bond donors (Lipinski definition) is 0. The van der Waals surface area contributed by atoms with Crippen LogP contribution in [0, 0.1) is 11.8 Å². The van der Waals surface area contributed by atoms with Crippen LogP contribution in [0.1, 0.15) is 25.7 Å². The Kier molecular flexibility index (Phi) is 5.99. The number of rotatable bonds is 6. The summed E-state index contributed by atoms with van der Waals surface area (Å²) in [5.41, 5.74) is 0. The van der Waals surface area contributed by atoms with Crippen LogP contribution in [0.4, 0.5) is 0 Å². The number of hydrogen-bond acceptors (Lipinski definition) is 3. The molecule has 0 saturated carbocycles. The molecule has 0 unspecified atom stereocenters. The Hall–Kier alpha value is -0.930. The van der Waals surface area contributed by atoms with Crippen LogP contribution < -0.4 is 0 Å². The molecule has 2 saturated heterocycles. The van der Waals surface area contributed by atoms with Crippen LogP contribution in [0.2, 0.25) is 0 Å². The lowest BCUT2D eigenvalue weighted by atomic mass is 9.81. The average Bonchev–Trinajstić information content (AvgIpc) is 2.49. The van der Waals surface area contributed by atoms with Crippen molar-refractivity contribution < 1.29 is 4.79 Å². The lowest BCUT2D eigenvalue weighted by Crippen LogP contribution is -2.41. The van der Waals surface area contributed by atoms with Crippen molar-refractivity contribution in [2.45, 2.75) is 25.7 Å². The first kappa shape index (κ1) is 15.5. The van der Waals surface area contributed by atoms with Crippen LogP contribution in [0.3, 0.4) is 0 Å². The molecule has 3 nitrogen and oxygen atoms in total. The molecule has 0 amide bonds. The molecule has 0 bridgehead atoms. The number of likely N-dealkylation sites (tertiary alicyclic amines) is 2. The van der Waals surface area contributed by atoms with Crippen LogP contribution in [-0.4, -0.2) is 54.9 Å². The van der Waals surface area contributed by atoms with E-state index < -0.39 is 0 Å². The Balaban J connectivity index is 1.75. The predicted octanol–water partition coefficient (Wildman–Crippen LogP) is 2.35. The summed E-state index contributed by atoms with van der Waals surface area (Å²) in [5, 5.41) is 0. The Labute approximate surface area is 123 Å². The summed E-state index contributed by atoms with van der Waals surface area (Å²) in [5.74, 6) is 1.17. The van der Waals surface area contributed by atoms with E-state index in [1.807, 2.05) is 12.2 Å². The van der Waals surface area contributed by atoms with E-state index in [4.69, 9.17) is 0 Å². The zero-order chi connectivity index (χ0) is 14.4. The molecule has 0 aromatic carbocycles. The van der Waals surface area contributed by atoms with Crippen molar-refractivity contribution in [3.8, 4) is 0 Å². The van der Waals surface area contributed by atoms with E-state index >= 15 is 0 Å². The minimum atomic E-state index is 0.312. The van der Waals surface area contributed by atoms with Gasteiger partial charge in [-0.15, -0.1) is 13.2 Å². The van der Waals surface area contributed by atoms with E-state index in [1.165, 1.54) is 0 Å². The lowest BCUT2D eigenvalue weighted by molar-refractivity contribution is -0.129. The molecule has 2 rings (SSSR count). The molecule has 0 N–H and O–H groups in total. The van der Waals surface area contributed by atoms with Gasteiger partial charge in [-0.1, -0.05) is 12.2 Å². The SMILES string of the molecule is C=CCN1CCC(C(=O)C2CCN(CC=C)CC2)CC1. The highest BCUT2D eigenvalue weighted by Crippen LogP contribution is 2.27. The fourth-order valence-corrected chi connectivity index (χ4v) is 3.50. The van der Waals surface area contributed by atoms with Gasteiger partial charge in [0.05, 0.1) is 0 Å². The second-order valence-corrected chi connectivity index (χ2v) is 6.13. The Morgan fingerprint density at radius 1 is 0.850 bits per heavy atom. The van der Waals surface area contributed by atoms with Crippen LogP contribution in [-0.2, 0) is 4.79 Å². The summed E-state index contributed by atoms with van der Waals surface area (Å²) in [6.45, 7) is 13.7. The van der Waals surface area contributed by atoms with Gasteiger partial charge in [-0.25, -0.2) is 0 Å². The minimum absolute atomic E-state index is 0.312. The van der Waals surface area contributed by atoms with Crippen molar-refractivity contribution in [1.82, 2.24) is 9.80 Å². The van der Waals surface area contributed by atoms with Gasteiger partial charge in [0.2, 0.25) is 0 Å². The maximum Gasteiger partial charge on any atom is 0.139 e. The summed E-state index contributed by atoms with van der Waals surface area (Å²) in [7, 11) is 0. The fraction of sp³-hybridized carbons (Fsp3) is 0.706. The molecule has 0 radical (unpaired) electrons. The highest BCUT2D eigenvalue weighted by Gasteiger charge is 2.31. The molecule has 2 aliphatic rings. The number of nitrogens with zero attached hydrogens (tertiary/aromatic N) is 2. The quantitative estimate of drug-likeness (QED) is 0.696. The smallest absolute Gasteiger partial charge is 0.139 e. The molecule has 112 valence electrons. The molecule has 0 spiro atoms. The predicted molar refractivity (Wildman–Crippen MR) is 83.7 cm³/mol. The molecule has 0 atom stereocenters. The molecule has 3 heteroatoms. The first-order valence-corrected chi connectivity index (χ1v) is 7.94. The minimum Gasteiger partial charge on any atom is -0.300 e. The van der Waals surface area contributed by atoms with Gasteiger partial charge in [0.1, 0.15) is 5.78 Å². The third-order valence-electron chi connectivity index (χ3n) is 4.75. The second kappa shape index (κ2) is 7.75. The van der Waals surface area contributed by atoms with Crippen molar-refractivity contribution in [3.05, 3.63) is 25.3 Å². The highest BCUT2D eigenvalue weighted by molar-refractivity contribution is 5.83. The topological polar surface area (TPSA) is 23.6 Å². The third kappa shape index (κ3) is 4.03. The van der Waals surface area contributed by atoms with E-state index in [1.54, 1.807) is 0 Å². The molecule has 2 heterocycles. The van der Waals surface area contributed by atoms with Gasteiger partial charge in [0.25, 0.3) is 0 Å². The van der Waals surface area contributed by atoms with Crippen molar-refractivity contribution in [1.29, 1.82) is 0 Å². The van der Waals surface area contributed by atoms with Gasteiger partial charge in [0, 0.05) is 24.9 Å². The zero-order valence-corrected chi connectivity index (χ0v) is 12.6. The molecule has 0 aliphatic carbocycles. The summed E-state index contributed by atoms with van der Waals surface area (Å²) in [6, 6.07) is 0. The van der Waals surface area contributed by atoms with Gasteiger partial charge >= 0.3 is 0 Å². The van der Waals surface area contributed by atoms with E-state index in [9.17, 15) is 4.79 Å². The van der Waals surface area contributed by atoms with Crippen molar-refractivity contribution in [2.75, 3.05) is 39.3 Å². The normalized spacial score (nSPS) is 23.6. The molecule has 2 fully saturated rings. The maximum absolute atomic E-state index is 12.6. The molecule has 2 aliphatic heterocycles. The summed E-state index contributed by atoms with van der Waals surface area (Å²) >= 11 is 0. The summed E-state index contributed by atoms with van der Waals surface area (Å²) in [6.07, 6.45) is 8.08. The van der Waals surface area contributed by atoms with E-state index in [2.05, 4.69) is 23.0 Å². The zero-order valence-electron chi connectivity index (χ0n) is 12.6. The molecule has 0 aromatic rings. The van der Waals surface area contributed by atoms with Crippen molar-refractivity contribution >= 4 is 5.78 Å². The largest absolute Gasteiger partial charge is 0.300 e. The number of carbonyl (C=O) groups is 1. The Morgan fingerprint density at radius 3 is 1.50 bits per heavy atom. The van der Waals surface area contributed by atoms with Crippen LogP contribution >= 0.6 is 0 Å². The summed E-state index contributed by atoms with van der Waals surface area (Å²) < 4.78 is 0. The molecular formula is C17H28N2O. The van der Waals surface area contributed by atoms with Crippen LogP contribution in [0.25, 0.3) is 0 Å². The number of carbonyl (C=O) groups excluding carboxylic acids is 1. The van der Waals surface area contributed by atoms with E-state index in [-0.39, 0.29) is 0 Å². The van der Waals surface area contributed by atoms with Gasteiger partial charge in [-0.05, 0) is 51.9 Å². The summed E-state index contributed by atoms with van der Waals surface area (Å²) in [4.78, 5) is 17.4. The third-order valence-corrected chi connectivity index (χ3v) is 4.75. The average molecular weight is 276 g/mol. The van der Waals surface area contributed by atoms with Crippen LogP contribution in [0.5, 0.6) is 0 Å². The first-order chi connectivity index (χ1) is 9.74. The van der Waals surface area contributed by atoms with Gasteiger partial charge in [-0.3, -0.25) is 14.6 Å². The molecule has 0 aromatic heterocycles. The standard InChI is InChI=1S/C17H28N2O/c1-3-9-18-11-5-15(6-12-18)17(20)16-7-13-19(10-4-2)14-8-16/h3-4,15-16H,1-2,5-14H2. The van der Waals surface area contributed by atoms with Gasteiger partial charge in [0.15, 0.2) is 0 Å². The van der Waals surface area contributed by atoms with Gasteiger partial charge < -0.3 is 0 Å². The number of piperidine rings is 2. The first-order valence-electron chi connectivity index (χ1n) is 7.94. The van der Waals surface area contributed by atoms with Crippen LogP contribution in [0.15, 0.2) is 25.3 Å². The van der Waals surface area contributed by atoms with Gasteiger partial charge in [-0.2, -0.15) is 0 Å². The van der Waals surface area contributed by atoms with E-state index in [0.717, 1.165) is 65.0 Å². The fourth-order valence-electron chi connectivity index (χ4n) is 3.50. The number of Topliss-reactive ketones (excluding diaryl/α,β-unsaturated/α-hetero) is 1. The lowest BCUT2D eigenvalue weighted by Gasteiger charge is -2.35. The van der Waals surface area contributed by atoms with Crippen molar-refractivity contribution in [3.63, 3.8) is 0 Å². The highest BCUT2D eigenvalue weighted by atomic mass is 16.1. The second-order valence-electron chi connectivity index (χ2n) is 6.13. The maximum atomic E-state index is 12.6. The number of ketones is 1.